The van der Waals surface area contributed by atoms with Crippen molar-refractivity contribution in [1.82, 2.24) is 0 Å². The van der Waals surface area contributed by atoms with Crippen LogP contribution in [0.3, 0.4) is 0 Å². The van der Waals surface area contributed by atoms with Crippen molar-refractivity contribution in [3.8, 4) is 0 Å². The summed E-state index contributed by atoms with van der Waals surface area (Å²) in [4.78, 5) is 0. The molecule has 50 valence electrons. The van der Waals surface area contributed by atoms with E-state index >= 15 is 0 Å². The van der Waals surface area contributed by atoms with Gasteiger partial charge in [0.2, 0.25) is 0 Å². The molecule has 0 aromatic heterocycles. The molecule has 1 rings (SSSR count). The summed E-state index contributed by atoms with van der Waals surface area (Å²) in [5.41, 5.74) is 0. The summed E-state index contributed by atoms with van der Waals surface area (Å²) >= 11 is -0.0126. The molecule has 0 unspecified atom stereocenters. The van der Waals surface area contributed by atoms with E-state index in [0.29, 0.717) is 0 Å². The average molecular weight is 152 g/mol. The predicted molar refractivity (Wildman–Crippen MR) is 43.1 cm³/mol. The fourth-order valence-electron chi connectivity index (χ4n) is 1.88. The number of hydrogen-bond acceptors (Lipinski definition) is 0. The molecule has 0 N–H and O–H groups in total. The first-order chi connectivity index (χ1) is 4.43. The van der Waals surface area contributed by atoms with E-state index in [4.69, 9.17) is 0 Å². The van der Waals surface area contributed by atoms with Crippen LogP contribution < -0.4 is 0 Å². The zero-order valence-electron chi connectivity index (χ0n) is 6.53. The molecule has 0 atom stereocenters. The Bertz CT molecular complexity index is 62.2. The fourth-order valence-corrected chi connectivity index (χ4v) is 4.96. The Labute approximate surface area is 76.7 Å². The minimum absolute atomic E-state index is 0.0126. The van der Waals surface area contributed by atoms with E-state index in [0.717, 1.165) is 0 Å². The third-order valence-electron chi connectivity index (χ3n) is 2.42. The van der Waals surface area contributed by atoms with Crippen LogP contribution in [0.2, 0.25) is 4.53 Å². The normalized spacial score (nSPS) is 21.4. The van der Waals surface area contributed by atoms with Gasteiger partial charge in [0.15, 0.2) is 0 Å². The van der Waals surface area contributed by atoms with E-state index in [1.165, 1.54) is 8.44 Å². The maximum absolute atomic E-state index is 2.38. The van der Waals surface area contributed by atoms with Crippen LogP contribution in [-0.2, 0) is 0 Å². The molecule has 0 heterocycles. The van der Waals surface area contributed by atoms with Crippen molar-refractivity contribution in [3.05, 3.63) is 0 Å². The van der Waals surface area contributed by atoms with E-state index in [2.05, 4.69) is 6.92 Å². The second-order valence-corrected chi connectivity index (χ2v) is 7.56. The molecule has 0 amide bonds. The Hall–Kier alpha value is 1.26. The molecule has 0 nitrogen and oxygen atoms in total. The van der Waals surface area contributed by atoms with Crippen molar-refractivity contribution in [2.24, 2.45) is 0 Å². The average Bonchev–Trinajstić information content (AvgIpc) is 1.91. The van der Waals surface area contributed by atoms with E-state index in [1.807, 2.05) is 0 Å². The summed E-state index contributed by atoms with van der Waals surface area (Å²) in [5.74, 6) is 0. The van der Waals surface area contributed by atoms with Gasteiger partial charge in [0, 0.05) is 0 Å². The van der Waals surface area contributed by atoms with E-state index in [9.17, 15) is 0 Å². The van der Waals surface area contributed by atoms with Crippen molar-refractivity contribution in [1.29, 1.82) is 0 Å². The molecular weight excluding hydrogens is 136 g/mol. The van der Waals surface area contributed by atoms with Gasteiger partial charge in [0.1, 0.15) is 0 Å². The minimum atomic E-state index is -0.0126. The summed E-state index contributed by atoms with van der Waals surface area (Å²) in [6, 6.07) is 0. The van der Waals surface area contributed by atoms with E-state index in [-0.39, 0.29) is 33.8 Å². The van der Waals surface area contributed by atoms with E-state index < -0.39 is 0 Å². The van der Waals surface area contributed by atoms with Crippen molar-refractivity contribution in [2.75, 3.05) is 0 Å². The third kappa shape index (κ3) is 3.25. The van der Waals surface area contributed by atoms with Crippen LogP contribution in [0.1, 0.15) is 39.0 Å². The van der Waals surface area contributed by atoms with Gasteiger partial charge in [-0.15, -0.1) is 0 Å². The molecule has 1 heteroatoms. The van der Waals surface area contributed by atoms with Crippen molar-refractivity contribution < 1.29 is 0 Å². The first-order valence-electron chi connectivity index (χ1n) is 4.43. The quantitative estimate of drug-likeness (QED) is 0.534. The molecule has 0 saturated heterocycles. The molecule has 0 radical (unpaired) electrons. The van der Waals surface area contributed by atoms with Gasteiger partial charge in [-0.3, -0.25) is 0 Å². The summed E-state index contributed by atoms with van der Waals surface area (Å²) in [6.07, 6.45) is 7.84. The number of hydrogen-bond donors (Lipinski definition) is 0. The molecule has 1 aliphatic carbocycles. The van der Waals surface area contributed by atoms with Crippen LogP contribution >= 0.6 is 0 Å². The van der Waals surface area contributed by atoms with Crippen molar-refractivity contribution in [2.45, 2.75) is 43.6 Å². The van der Waals surface area contributed by atoms with Crippen LogP contribution in [0, 0.1) is 0 Å². The second-order valence-electron chi connectivity index (χ2n) is 3.29. The monoisotopic (exact) mass is 152 g/mol. The van der Waals surface area contributed by atoms with Gasteiger partial charge in [-0.05, 0) is 0 Å². The van der Waals surface area contributed by atoms with Crippen LogP contribution in [-0.4, -0.2) is 33.8 Å². The SMILES string of the molecule is C[CH2][Ca][CH]1CCCCC1. The molecule has 0 aliphatic heterocycles. The van der Waals surface area contributed by atoms with Gasteiger partial charge in [-0.2, -0.15) is 0 Å². The van der Waals surface area contributed by atoms with Gasteiger partial charge < -0.3 is 0 Å². The summed E-state index contributed by atoms with van der Waals surface area (Å²) in [5, 5.41) is 0. The Morgan fingerprint density at radius 2 is 1.89 bits per heavy atom. The Kier molecular flexibility index (Phi) is 4.63. The Balaban J connectivity index is 2.08. The summed E-state index contributed by atoms with van der Waals surface area (Å²) < 4.78 is 2.87. The predicted octanol–water partition coefficient (Wildman–Crippen LogP) is 2.88. The zero-order chi connectivity index (χ0) is 6.53. The molecule has 0 aromatic rings. The van der Waals surface area contributed by atoms with Crippen LogP contribution in [0.15, 0.2) is 0 Å². The molecule has 0 spiro atoms. The third-order valence-corrected chi connectivity index (χ3v) is 5.87. The molecule has 1 fully saturated rings. The van der Waals surface area contributed by atoms with Crippen molar-refractivity contribution in [3.63, 3.8) is 0 Å². The van der Waals surface area contributed by atoms with Crippen LogP contribution in [0.4, 0.5) is 0 Å². The van der Waals surface area contributed by atoms with Crippen molar-refractivity contribution >= 4 is 33.8 Å². The Morgan fingerprint density at radius 1 is 1.22 bits per heavy atom. The van der Waals surface area contributed by atoms with Gasteiger partial charge in [-0.25, -0.2) is 0 Å². The van der Waals surface area contributed by atoms with Gasteiger partial charge in [-0.1, -0.05) is 0 Å². The fraction of sp³-hybridized carbons (Fsp3) is 1.00. The maximum atomic E-state index is 2.38. The molecule has 0 aromatic carbocycles. The number of rotatable bonds is 2. The van der Waals surface area contributed by atoms with Gasteiger partial charge >= 0.3 is 77.4 Å². The molecule has 9 heavy (non-hydrogen) atoms. The van der Waals surface area contributed by atoms with Crippen LogP contribution in [0.5, 0.6) is 0 Å². The standard InChI is InChI=1S/C6H11.C2H5.Ca/c1-2-4-6-5-3-1;1-2;/h1H,2-6H2;1H2,2H3;. The Morgan fingerprint density at radius 3 is 2.44 bits per heavy atom. The second kappa shape index (κ2) is 4.98. The van der Waals surface area contributed by atoms with Gasteiger partial charge in [0.05, 0.1) is 0 Å². The summed E-state index contributed by atoms with van der Waals surface area (Å²) in [6.45, 7) is 2.38. The molecule has 0 bridgehead atoms. The van der Waals surface area contributed by atoms with Gasteiger partial charge in [0.25, 0.3) is 0 Å². The first-order valence-corrected chi connectivity index (χ1v) is 7.27. The zero-order valence-corrected chi connectivity index (χ0v) is 8.74. The first kappa shape index (κ1) is 8.36. The summed E-state index contributed by atoms with van der Waals surface area (Å²) in [7, 11) is 0. The molecule has 1 saturated carbocycles. The topological polar surface area (TPSA) is 0 Å². The molecule has 1 aliphatic rings. The van der Waals surface area contributed by atoms with Crippen LogP contribution in [0.25, 0.3) is 0 Å². The molecular formula is C8H16Ca. The van der Waals surface area contributed by atoms with E-state index in [1.54, 1.807) is 28.2 Å².